The summed E-state index contributed by atoms with van der Waals surface area (Å²) in [4.78, 5) is 21.7. The Morgan fingerprint density at radius 1 is 1.46 bits per heavy atom. The number of allylic oxidation sites excluding steroid dienone is 2. The first-order valence-corrected chi connectivity index (χ1v) is 5.57. The molecule has 0 aromatic heterocycles. The van der Waals surface area contributed by atoms with Gasteiger partial charge in [0, 0.05) is 0 Å². The molecule has 0 bridgehead atoms. The second-order valence-electron chi connectivity index (χ2n) is 2.51. The van der Waals surface area contributed by atoms with Gasteiger partial charge in [-0.05, 0) is 17.2 Å². The number of hydrogen-bond donors (Lipinski definition) is 2. The van der Waals surface area contributed by atoms with E-state index in [2.05, 4.69) is 0 Å². The van der Waals surface area contributed by atoms with E-state index in [1.54, 1.807) is 6.92 Å². The van der Waals surface area contributed by atoms with E-state index in [-0.39, 0.29) is 4.91 Å². The van der Waals surface area contributed by atoms with Gasteiger partial charge in [-0.3, -0.25) is 0 Å². The van der Waals surface area contributed by atoms with Crippen LogP contribution < -0.4 is 0 Å². The average molecular weight is 202 g/mol. The summed E-state index contributed by atoms with van der Waals surface area (Å²) in [5.41, 5.74) is 0. The minimum Gasteiger partial charge on any atom is -0.477 e. The molecule has 0 spiro atoms. The number of carboxylic acids is 1. The van der Waals surface area contributed by atoms with Crippen molar-refractivity contribution in [3.05, 3.63) is 22.5 Å². The van der Waals surface area contributed by atoms with Crippen molar-refractivity contribution in [2.24, 2.45) is 0 Å². The highest BCUT2D eigenvalue weighted by molar-refractivity contribution is 8.50. The fraction of sp³-hybridized carbons (Fsp3) is 0.250. The van der Waals surface area contributed by atoms with E-state index in [9.17, 15) is 9.59 Å². The Morgan fingerprint density at radius 2 is 2.08 bits per heavy atom. The number of carboxylic acid groups (broad SMARTS) is 2. The first-order chi connectivity index (χ1) is 6.04. The highest BCUT2D eigenvalue weighted by Gasteiger charge is 2.38. The molecule has 0 fully saturated rings. The van der Waals surface area contributed by atoms with Crippen LogP contribution in [-0.2, 0) is 4.79 Å². The molecule has 0 aromatic carbocycles. The third kappa shape index (κ3) is 1.35. The number of carbonyl (C=O) groups is 2. The molecule has 1 aliphatic heterocycles. The molecule has 0 radical (unpaired) electrons. The summed E-state index contributed by atoms with van der Waals surface area (Å²) in [6.07, 6.45) is 2.88. The van der Waals surface area contributed by atoms with Crippen molar-refractivity contribution in [3.63, 3.8) is 0 Å². The maximum atomic E-state index is 11.0. The molecular formula is C8H10O4S. The van der Waals surface area contributed by atoms with Gasteiger partial charge in [-0.2, -0.15) is 0 Å². The van der Waals surface area contributed by atoms with Crippen LogP contribution in [0.2, 0.25) is 0 Å². The van der Waals surface area contributed by atoms with Crippen LogP contribution in [0, 0.1) is 0 Å². The minimum absolute atomic E-state index is 0.0162. The first kappa shape index (κ1) is 9.85. The Bertz CT molecular complexity index is 318. The van der Waals surface area contributed by atoms with Crippen LogP contribution in [0.4, 0.5) is 4.79 Å². The molecule has 4 nitrogen and oxygen atoms in total. The summed E-state index contributed by atoms with van der Waals surface area (Å²) < 4.78 is 0. The van der Waals surface area contributed by atoms with Crippen LogP contribution >= 0.6 is 10.0 Å². The van der Waals surface area contributed by atoms with Crippen molar-refractivity contribution < 1.29 is 19.8 Å². The van der Waals surface area contributed by atoms with Crippen LogP contribution in [0.3, 0.4) is 0 Å². The highest BCUT2D eigenvalue weighted by atomic mass is 32.3. The summed E-state index contributed by atoms with van der Waals surface area (Å²) in [5, 5.41) is 18.2. The second kappa shape index (κ2) is 3.26. The monoisotopic (exact) mass is 202 g/mol. The van der Waals surface area contributed by atoms with Crippen molar-refractivity contribution in [1.82, 2.24) is 0 Å². The third-order valence-corrected chi connectivity index (χ3v) is 5.18. The van der Waals surface area contributed by atoms with Gasteiger partial charge in [0.15, 0.2) is 0 Å². The molecule has 1 rings (SSSR count). The van der Waals surface area contributed by atoms with Crippen molar-refractivity contribution in [2.45, 2.75) is 6.92 Å². The van der Waals surface area contributed by atoms with Gasteiger partial charge in [0.1, 0.15) is 0 Å². The molecule has 1 aliphatic rings. The molecule has 1 atom stereocenters. The summed E-state index contributed by atoms with van der Waals surface area (Å²) >= 11 is 0. The van der Waals surface area contributed by atoms with E-state index in [0.717, 1.165) is 0 Å². The fourth-order valence-corrected chi connectivity index (χ4v) is 3.39. The number of hydrogen-bond acceptors (Lipinski definition) is 2. The first-order valence-electron chi connectivity index (χ1n) is 3.70. The molecule has 2 N–H and O–H groups in total. The maximum absolute atomic E-state index is 11.0. The molecule has 0 aromatic rings. The zero-order valence-corrected chi connectivity index (χ0v) is 7.87. The Labute approximate surface area is 76.9 Å². The molecular weight excluding hydrogens is 192 g/mol. The van der Waals surface area contributed by atoms with E-state index in [1.807, 2.05) is 0 Å². The van der Waals surface area contributed by atoms with E-state index in [1.165, 1.54) is 17.6 Å². The lowest BCUT2D eigenvalue weighted by Gasteiger charge is -2.27. The topological polar surface area (TPSA) is 74.6 Å². The third-order valence-electron chi connectivity index (χ3n) is 1.93. The Morgan fingerprint density at radius 3 is 2.38 bits per heavy atom. The van der Waals surface area contributed by atoms with Crippen LogP contribution in [0.25, 0.3) is 0 Å². The average Bonchev–Trinajstić information content (AvgIpc) is 2.48. The minimum atomic E-state index is -2.26. The zero-order chi connectivity index (χ0) is 10.1. The van der Waals surface area contributed by atoms with Gasteiger partial charge in [0.25, 0.3) is 0 Å². The van der Waals surface area contributed by atoms with Crippen LogP contribution in [0.1, 0.15) is 6.92 Å². The lowest BCUT2D eigenvalue weighted by atomic mass is 10.5. The highest BCUT2D eigenvalue weighted by Crippen LogP contribution is 2.59. The Balaban J connectivity index is 3.15. The second-order valence-corrected chi connectivity index (χ2v) is 5.74. The summed E-state index contributed by atoms with van der Waals surface area (Å²) in [5.74, 6) is -0.805. The molecule has 0 aliphatic carbocycles. The standard InChI is InChI=1S/C8H10O4S/c1-2-13(8(11)12)5-3-4-6(13)7(9)10/h3-5H,2H2,1H3,(H,9,10)(H,11,12). The predicted molar refractivity (Wildman–Crippen MR) is 51.0 cm³/mol. The fourth-order valence-electron chi connectivity index (χ4n) is 1.21. The van der Waals surface area contributed by atoms with Gasteiger partial charge in [-0.15, -0.1) is 0 Å². The lowest BCUT2D eigenvalue weighted by Crippen LogP contribution is -2.16. The van der Waals surface area contributed by atoms with E-state index < -0.39 is 21.3 Å². The van der Waals surface area contributed by atoms with Crippen molar-refractivity contribution in [2.75, 3.05) is 5.75 Å². The van der Waals surface area contributed by atoms with Crippen molar-refractivity contribution >= 4 is 21.3 Å². The van der Waals surface area contributed by atoms with E-state index in [4.69, 9.17) is 10.2 Å². The van der Waals surface area contributed by atoms with Gasteiger partial charge in [0.05, 0.1) is 4.91 Å². The molecule has 13 heavy (non-hydrogen) atoms. The number of rotatable bonds is 2. The molecule has 0 amide bonds. The molecule has 1 unspecified atom stereocenters. The smallest absolute Gasteiger partial charge is 0.355 e. The van der Waals surface area contributed by atoms with E-state index >= 15 is 0 Å². The number of aliphatic carboxylic acids is 1. The summed E-state index contributed by atoms with van der Waals surface area (Å²) in [6, 6.07) is 0. The van der Waals surface area contributed by atoms with Gasteiger partial charge < -0.3 is 10.2 Å². The Hall–Kier alpha value is -1.23. The predicted octanol–water partition coefficient (Wildman–Crippen LogP) is 1.98. The molecule has 0 saturated heterocycles. The Kier molecular flexibility index (Phi) is 2.47. The normalized spacial score (nSPS) is 30.7. The largest absolute Gasteiger partial charge is 0.477 e. The van der Waals surface area contributed by atoms with Crippen LogP contribution in [0.5, 0.6) is 0 Å². The maximum Gasteiger partial charge on any atom is 0.355 e. The zero-order valence-electron chi connectivity index (χ0n) is 7.06. The molecule has 1 heterocycles. The molecule has 72 valence electrons. The van der Waals surface area contributed by atoms with Crippen LogP contribution in [0.15, 0.2) is 22.5 Å². The van der Waals surface area contributed by atoms with Gasteiger partial charge >= 0.3 is 11.3 Å². The van der Waals surface area contributed by atoms with Crippen LogP contribution in [-0.4, -0.2) is 27.2 Å². The van der Waals surface area contributed by atoms with Gasteiger partial charge in [0.2, 0.25) is 0 Å². The van der Waals surface area contributed by atoms with Gasteiger partial charge in [-0.25, -0.2) is 9.59 Å². The molecule has 0 saturated carbocycles. The van der Waals surface area contributed by atoms with Gasteiger partial charge in [-0.1, -0.05) is 23.0 Å². The van der Waals surface area contributed by atoms with Crippen molar-refractivity contribution in [3.8, 4) is 0 Å². The molecule has 5 heteroatoms. The SMILES string of the molecule is CCS1(C(=O)O)C=CC=C1C(=O)O. The summed E-state index contributed by atoms with van der Waals surface area (Å²) in [7, 11) is -2.26. The quantitative estimate of drug-likeness (QED) is 0.718. The van der Waals surface area contributed by atoms with E-state index in [0.29, 0.717) is 5.75 Å². The lowest BCUT2D eigenvalue weighted by molar-refractivity contribution is -0.131. The summed E-state index contributed by atoms with van der Waals surface area (Å²) in [6.45, 7) is 1.69. The van der Waals surface area contributed by atoms with Crippen molar-refractivity contribution in [1.29, 1.82) is 0 Å².